The molecule has 0 unspecified atom stereocenters. The van der Waals surface area contributed by atoms with Crippen LogP contribution in [0.5, 0.6) is 0 Å². The third-order valence-corrected chi connectivity index (χ3v) is 2.98. The molecule has 1 aliphatic heterocycles. The second kappa shape index (κ2) is 10.6. The fourth-order valence-corrected chi connectivity index (χ4v) is 1.72. The van der Waals surface area contributed by atoms with Crippen LogP contribution >= 0.6 is 0 Å². The Morgan fingerprint density at radius 2 is 1.42 bits per heavy atom. The van der Waals surface area contributed by atoms with Crippen molar-refractivity contribution in [1.29, 1.82) is 0 Å². The van der Waals surface area contributed by atoms with Crippen LogP contribution in [0, 0.1) is 5.41 Å². The first kappa shape index (κ1) is 16.9. The van der Waals surface area contributed by atoms with Gasteiger partial charge in [0, 0.05) is 25.7 Å². The molecule has 1 aliphatic rings. The highest BCUT2D eigenvalue weighted by atomic mass is 16.5. The Morgan fingerprint density at radius 3 is 2.00 bits per heavy atom. The van der Waals surface area contributed by atoms with Crippen LogP contribution in [0.15, 0.2) is 0 Å². The highest BCUT2D eigenvalue weighted by Crippen LogP contribution is 2.26. The lowest BCUT2D eigenvalue weighted by molar-refractivity contribution is -0.138. The van der Waals surface area contributed by atoms with E-state index in [1.807, 2.05) is 0 Å². The molecule has 114 valence electrons. The van der Waals surface area contributed by atoms with Gasteiger partial charge in [-0.25, -0.2) is 0 Å². The molecular weight excluding hydrogens is 248 g/mol. The molecule has 0 bridgehead atoms. The second-order valence-electron chi connectivity index (χ2n) is 5.28. The maximum Gasteiger partial charge on any atom is 0.0701 e. The van der Waals surface area contributed by atoms with Gasteiger partial charge in [0.2, 0.25) is 0 Å². The molecule has 0 amide bonds. The van der Waals surface area contributed by atoms with E-state index in [1.165, 1.54) is 0 Å². The van der Waals surface area contributed by atoms with Crippen LogP contribution < -0.4 is 0 Å². The van der Waals surface area contributed by atoms with E-state index in [1.54, 1.807) is 7.11 Å². The minimum absolute atomic E-state index is 0.260. The average molecular weight is 276 g/mol. The Bertz CT molecular complexity index is 206. The average Bonchev–Trinajstić information content (AvgIpc) is 2.38. The Labute approximate surface area is 116 Å². The quantitative estimate of drug-likeness (QED) is 0.477. The van der Waals surface area contributed by atoms with Gasteiger partial charge < -0.3 is 23.7 Å². The molecule has 1 saturated heterocycles. The molecule has 5 heteroatoms. The third-order valence-electron chi connectivity index (χ3n) is 2.98. The Balaban J connectivity index is 1.69. The molecule has 0 aromatic carbocycles. The summed E-state index contributed by atoms with van der Waals surface area (Å²) in [6, 6.07) is 0. The van der Waals surface area contributed by atoms with E-state index in [9.17, 15) is 0 Å². The van der Waals surface area contributed by atoms with Crippen molar-refractivity contribution in [1.82, 2.24) is 0 Å². The first-order valence-electron chi connectivity index (χ1n) is 7.07. The van der Waals surface area contributed by atoms with Gasteiger partial charge in [0.25, 0.3) is 0 Å². The summed E-state index contributed by atoms with van der Waals surface area (Å²) in [6.45, 7) is 8.82. The van der Waals surface area contributed by atoms with Gasteiger partial charge in [-0.15, -0.1) is 0 Å². The van der Waals surface area contributed by atoms with Crippen molar-refractivity contribution in [3.63, 3.8) is 0 Å². The van der Waals surface area contributed by atoms with Crippen molar-refractivity contribution >= 4 is 0 Å². The van der Waals surface area contributed by atoms with Gasteiger partial charge in [-0.05, 0) is 12.8 Å². The van der Waals surface area contributed by atoms with Crippen LogP contribution in [0.1, 0.15) is 19.8 Å². The van der Waals surface area contributed by atoms with Crippen molar-refractivity contribution in [2.24, 2.45) is 5.41 Å². The van der Waals surface area contributed by atoms with E-state index in [2.05, 4.69) is 6.92 Å². The molecule has 0 aromatic heterocycles. The van der Waals surface area contributed by atoms with E-state index in [0.29, 0.717) is 26.4 Å². The number of unbranched alkanes of at least 4 members (excludes halogenated alkanes) is 1. The van der Waals surface area contributed by atoms with Crippen LogP contribution in [-0.4, -0.2) is 66.6 Å². The lowest BCUT2D eigenvalue weighted by atomic mass is 9.90. The SMILES string of the molecule is COCCOCCOCCCCOCC1(C)COC1. The highest BCUT2D eigenvalue weighted by Gasteiger charge is 2.33. The van der Waals surface area contributed by atoms with Gasteiger partial charge in [-0.3, -0.25) is 0 Å². The van der Waals surface area contributed by atoms with Crippen molar-refractivity contribution in [3.05, 3.63) is 0 Å². The molecule has 0 aromatic rings. The molecule has 0 saturated carbocycles. The predicted molar refractivity (Wildman–Crippen MR) is 72.5 cm³/mol. The fourth-order valence-electron chi connectivity index (χ4n) is 1.72. The van der Waals surface area contributed by atoms with Crippen LogP contribution in [0.4, 0.5) is 0 Å². The highest BCUT2D eigenvalue weighted by molar-refractivity contribution is 4.79. The maximum atomic E-state index is 5.64. The fraction of sp³-hybridized carbons (Fsp3) is 1.00. The zero-order chi connectivity index (χ0) is 13.8. The van der Waals surface area contributed by atoms with E-state index >= 15 is 0 Å². The summed E-state index contributed by atoms with van der Waals surface area (Å²) in [5.74, 6) is 0. The Morgan fingerprint density at radius 1 is 0.842 bits per heavy atom. The van der Waals surface area contributed by atoms with Gasteiger partial charge in [0.1, 0.15) is 0 Å². The lowest BCUT2D eigenvalue weighted by Gasteiger charge is -2.37. The standard InChI is InChI=1S/C14H28O5/c1-14(12-19-13-14)11-18-6-4-3-5-16-9-10-17-8-7-15-2/h3-13H2,1-2H3. The molecule has 5 nitrogen and oxygen atoms in total. The number of rotatable bonds is 13. The van der Waals surface area contributed by atoms with Gasteiger partial charge in [-0.1, -0.05) is 6.92 Å². The molecule has 0 N–H and O–H groups in total. The van der Waals surface area contributed by atoms with Crippen molar-refractivity contribution in [2.45, 2.75) is 19.8 Å². The minimum atomic E-state index is 0.260. The molecular formula is C14H28O5. The van der Waals surface area contributed by atoms with Gasteiger partial charge in [0.15, 0.2) is 0 Å². The monoisotopic (exact) mass is 276 g/mol. The van der Waals surface area contributed by atoms with E-state index in [0.717, 1.165) is 45.9 Å². The molecule has 0 atom stereocenters. The summed E-state index contributed by atoms with van der Waals surface area (Å²) in [6.07, 6.45) is 2.08. The van der Waals surface area contributed by atoms with Crippen molar-refractivity contribution in [2.75, 3.05) is 66.6 Å². The molecule has 0 spiro atoms. The molecule has 1 fully saturated rings. The number of hydrogen-bond donors (Lipinski definition) is 0. The van der Waals surface area contributed by atoms with Crippen LogP contribution in [0.3, 0.4) is 0 Å². The first-order chi connectivity index (χ1) is 9.27. The summed E-state index contributed by atoms with van der Waals surface area (Å²) in [4.78, 5) is 0. The summed E-state index contributed by atoms with van der Waals surface area (Å²) in [7, 11) is 1.67. The zero-order valence-electron chi connectivity index (χ0n) is 12.3. The largest absolute Gasteiger partial charge is 0.382 e. The lowest BCUT2D eigenvalue weighted by Crippen LogP contribution is -2.43. The van der Waals surface area contributed by atoms with E-state index < -0.39 is 0 Å². The van der Waals surface area contributed by atoms with Crippen molar-refractivity contribution in [3.8, 4) is 0 Å². The predicted octanol–water partition coefficient (Wildman–Crippen LogP) is 1.50. The van der Waals surface area contributed by atoms with E-state index in [4.69, 9.17) is 23.7 Å². The Hall–Kier alpha value is -0.200. The van der Waals surface area contributed by atoms with Gasteiger partial charge in [0.05, 0.1) is 46.2 Å². The molecule has 1 rings (SSSR count). The van der Waals surface area contributed by atoms with E-state index in [-0.39, 0.29) is 5.41 Å². The number of hydrogen-bond acceptors (Lipinski definition) is 5. The Kier molecular flexibility index (Phi) is 9.38. The van der Waals surface area contributed by atoms with Crippen LogP contribution in [0.2, 0.25) is 0 Å². The normalized spacial score (nSPS) is 17.4. The third kappa shape index (κ3) is 8.55. The van der Waals surface area contributed by atoms with Crippen LogP contribution in [0.25, 0.3) is 0 Å². The second-order valence-corrected chi connectivity index (χ2v) is 5.28. The molecule has 0 radical (unpaired) electrons. The maximum absolute atomic E-state index is 5.64. The van der Waals surface area contributed by atoms with Gasteiger partial charge >= 0.3 is 0 Å². The summed E-state index contributed by atoms with van der Waals surface area (Å²) >= 11 is 0. The molecule has 1 heterocycles. The number of ether oxygens (including phenoxy) is 5. The summed E-state index contributed by atoms with van der Waals surface area (Å²) in [5, 5.41) is 0. The first-order valence-corrected chi connectivity index (χ1v) is 7.07. The van der Waals surface area contributed by atoms with Crippen LogP contribution in [-0.2, 0) is 23.7 Å². The summed E-state index contributed by atoms with van der Waals surface area (Å²) in [5.41, 5.74) is 0.260. The smallest absolute Gasteiger partial charge is 0.0701 e. The molecule has 0 aliphatic carbocycles. The number of methoxy groups -OCH3 is 1. The topological polar surface area (TPSA) is 46.2 Å². The summed E-state index contributed by atoms with van der Waals surface area (Å²) < 4.78 is 26.4. The molecule has 19 heavy (non-hydrogen) atoms. The van der Waals surface area contributed by atoms with Gasteiger partial charge in [-0.2, -0.15) is 0 Å². The van der Waals surface area contributed by atoms with Crippen molar-refractivity contribution < 1.29 is 23.7 Å². The minimum Gasteiger partial charge on any atom is -0.382 e. The zero-order valence-corrected chi connectivity index (χ0v) is 12.3.